The van der Waals surface area contributed by atoms with Crippen LogP contribution in [0.25, 0.3) is 0 Å². The first-order chi connectivity index (χ1) is 14.6. The number of rotatable bonds is 7. The summed E-state index contributed by atoms with van der Waals surface area (Å²) in [4.78, 5) is 12.6. The Kier molecular flexibility index (Phi) is 6.51. The minimum absolute atomic E-state index is 0.0422. The monoisotopic (exact) mass is 442 g/mol. The number of carbonyl (C=O) groups is 1. The van der Waals surface area contributed by atoms with Gasteiger partial charge in [-0.2, -0.15) is 4.31 Å². The average Bonchev–Trinajstić information content (AvgIpc) is 3.17. The van der Waals surface area contributed by atoms with Gasteiger partial charge in [0, 0.05) is 24.7 Å². The zero-order valence-corrected chi connectivity index (χ0v) is 18.8. The molecule has 3 aromatic rings. The molecule has 0 saturated carbocycles. The van der Waals surface area contributed by atoms with E-state index in [0.717, 1.165) is 5.56 Å². The highest BCUT2D eigenvalue weighted by Crippen LogP contribution is 2.20. The summed E-state index contributed by atoms with van der Waals surface area (Å²) in [7, 11) is -2.12. The summed E-state index contributed by atoms with van der Waals surface area (Å²) in [5, 5.41) is 14.2. The molecule has 0 fully saturated rings. The summed E-state index contributed by atoms with van der Waals surface area (Å²) in [6.07, 6.45) is 0. The van der Waals surface area contributed by atoms with Crippen LogP contribution in [0.3, 0.4) is 0 Å². The van der Waals surface area contributed by atoms with E-state index in [1.165, 1.54) is 28.2 Å². The lowest BCUT2D eigenvalue weighted by Gasteiger charge is -2.18. The SMILES string of the molecule is CN(Cc1ccccc1)S(=O)(=O)c1ccc(NC(=O)Cn2nnnc2C(C)(C)C)cc1. The van der Waals surface area contributed by atoms with Crippen LogP contribution >= 0.6 is 0 Å². The van der Waals surface area contributed by atoms with Gasteiger partial charge in [-0.05, 0) is 40.3 Å². The van der Waals surface area contributed by atoms with E-state index in [0.29, 0.717) is 11.5 Å². The van der Waals surface area contributed by atoms with Gasteiger partial charge in [0.2, 0.25) is 15.9 Å². The van der Waals surface area contributed by atoms with Gasteiger partial charge in [0.25, 0.3) is 0 Å². The number of sulfonamides is 1. The van der Waals surface area contributed by atoms with Crippen molar-refractivity contribution >= 4 is 21.6 Å². The molecule has 31 heavy (non-hydrogen) atoms. The summed E-state index contributed by atoms with van der Waals surface area (Å²) in [6, 6.07) is 15.4. The maximum absolute atomic E-state index is 12.8. The van der Waals surface area contributed by atoms with Crippen molar-refractivity contribution in [3.63, 3.8) is 0 Å². The maximum Gasteiger partial charge on any atom is 0.246 e. The van der Waals surface area contributed by atoms with Crippen LogP contribution in [0.4, 0.5) is 5.69 Å². The smallest absolute Gasteiger partial charge is 0.246 e. The zero-order valence-electron chi connectivity index (χ0n) is 18.0. The van der Waals surface area contributed by atoms with E-state index in [4.69, 9.17) is 0 Å². The van der Waals surface area contributed by atoms with Crippen LogP contribution in [-0.2, 0) is 33.3 Å². The highest BCUT2D eigenvalue weighted by Gasteiger charge is 2.23. The molecule has 0 aliphatic carbocycles. The third-order valence-corrected chi connectivity index (χ3v) is 6.41. The predicted molar refractivity (Wildman–Crippen MR) is 117 cm³/mol. The molecule has 1 aromatic heterocycles. The van der Waals surface area contributed by atoms with Crippen LogP contribution in [0.1, 0.15) is 32.2 Å². The molecule has 0 saturated heterocycles. The first-order valence-electron chi connectivity index (χ1n) is 9.74. The molecule has 1 amide bonds. The Bertz CT molecular complexity index is 1140. The van der Waals surface area contributed by atoms with Crippen molar-refractivity contribution in [1.29, 1.82) is 0 Å². The van der Waals surface area contributed by atoms with Crippen LogP contribution in [0.15, 0.2) is 59.5 Å². The Morgan fingerprint density at radius 2 is 1.71 bits per heavy atom. The number of tetrazole rings is 1. The van der Waals surface area contributed by atoms with E-state index in [9.17, 15) is 13.2 Å². The van der Waals surface area contributed by atoms with Crippen LogP contribution in [0.5, 0.6) is 0 Å². The maximum atomic E-state index is 12.8. The van der Waals surface area contributed by atoms with E-state index in [1.54, 1.807) is 12.1 Å². The van der Waals surface area contributed by atoms with Gasteiger partial charge in [0.1, 0.15) is 6.54 Å². The van der Waals surface area contributed by atoms with Gasteiger partial charge in [0.15, 0.2) is 5.82 Å². The molecule has 0 atom stereocenters. The number of anilines is 1. The molecular weight excluding hydrogens is 416 g/mol. The molecule has 0 aliphatic heterocycles. The molecular formula is C21H26N6O3S. The van der Waals surface area contributed by atoms with Crippen molar-refractivity contribution in [2.45, 2.75) is 44.2 Å². The van der Waals surface area contributed by atoms with Gasteiger partial charge in [-0.25, -0.2) is 13.1 Å². The molecule has 3 rings (SSSR count). The van der Waals surface area contributed by atoms with Crippen LogP contribution in [0.2, 0.25) is 0 Å². The fourth-order valence-electron chi connectivity index (χ4n) is 3.00. The summed E-state index contributed by atoms with van der Waals surface area (Å²) < 4.78 is 28.4. The molecule has 0 radical (unpaired) electrons. The van der Waals surface area contributed by atoms with Crippen LogP contribution in [0, 0.1) is 0 Å². The van der Waals surface area contributed by atoms with Crippen molar-refractivity contribution in [1.82, 2.24) is 24.5 Å². The van der Waals surface area contributed by atoms with E-state index in [2.05, 4.69) is 20.8 Å². The minimum atomic E-state index is -3.66. The molecule has 0 bridgehead atoms. The quantitative estimate of drug-likeness (QED) is 0.602. The Balaban J connectivity index is 1.66. The van der Waals surface area contributed by atoms with E-state index >= 15 is 0 Å². The lowest BCUT2D eigenvalue weighted by Crippen LogP contribution is -2.27. The lowest BCUT2D eigenvalue weighted by atomic mass is 9.96. The van der Waals surface area contributed by atoms with Gasteiger partial charge in [0.05, 0.1) is 4.90 Å². The van der Waals surface area contributed by atoms with Gasteiger partial charge < -0.3 is 5.32 Å². The fraction of sp³-hybridized carbons (Fsp3) is 0.333. The predicted octanol–water partition coefficient (Wildman–Crippen LogP) is 2.43. The number of aromatic nitrogens is 4. The molecule has 2 aromatic carbocycles. The van der Waals surface area contributed by atoms with Crippen molar-refractivity contribution in [2.75, 3.05) is 12.4 Å². The van der Waals surface area contributed by atoms with Gasteiger partial charge in [-0.15, -0.1) is 5.10 Å². The Morgan fingerprint density at radius 3 is 2.32 bits per heavy atom. The third-order valence-electron chi connectivity index (χ3n) is 4.59. The molecule has 0 spiro atoms. The third kappa shape index (κ3) is 5.53. The Hall–Kier alpha value is -3.11. The Morgan fingerprint density at radius 1 is 1.06 bits per heavy atom. The summed E-state index contributed by atoms with van der Waals surface area (Å²) in [6.45, 7) is 6.10. The topological polar surface area (TPSA) is 110 Å². The van der Waals surface area contributed by atoms with Crippen molar-refractivity contribution in [3.05, 3.63) is 66.0 Å². The largest absolute Gasteiger partial charge is 0.324 e. The number of nitrogens with one attached hydrogen (secondary N) is 1. The van der Waals surface area contributed by atoms with E-state index < -0.39 is 10.0 Å². The standard InChI is InChI=1S/C21H26N6O3S/c1-21(2,3)20-23-24-25-27(20)15-19(28)22-17-10-12-18(13-11-17)31(29,30)26(4)14-16-8-6-5-7-9-16/h5-13H,14-15H2,1-4H3,(H,22,28). The summed E-state index contributed by atoms with van der Waals surface area (Å²) >= 11 is 0. The second-order valence-corrected chi connectivity index (χ2v) is 10.3. The highest BCUT2D eigenvalue weighted by molar-refractivity contribution is 7.89. The molecule has 164 valence electrons. The average molecular weight is 443 g/mol. The van der Waals surface area contributed by atoms with E-state index in [-0.39, 0.29) is 29.3 Å². The first kappa shape index (κ1) is 22.6. The molecule has 1 N–H and O–H groups in total. The number of hydrogen-bond acceptors (Lipinski definition) is 6. The number of amides is 1. The van der Waals surface area contributed by atoms with Crippen LogP contribution in [-0.4, -0.2) is 45.9 Å². The fourth-order valence-corrected chi connectivity index (χ4v) is 4.16. The number of carbonyl (C=O) groups excluding carboxylic acids is 1. The molecule has 0 unspecified atom stereocenters. The molecule has 9 nitrogen and oxygen atoms in total. The van der Waals surface area contributed by atoms with Crippen molar-refractivity contribution < 1.29 is 13.2 Å². The van der Waals surface area contributed by atoms with Crippen LogP contribution < -0.4 is 5.32 Å². The normalized spacial score (nSPS) is 12.2. The Labute approximate surface area is 182 Å². The first-order valence-corrected chi connectivity index (χ1v) is 11.2. The zero-order chi connectivity index (χ0) is 22.6. The molecule has 0 aliphatic rings. The second-order valence-electron chi connectivity index (χ2n) is 8.23. The van der Waals surface area contributed by atoms with Gasteiger partial charge in [-0.3, -0.25) is 4.79 Å². The summed E-state index contributed by atoms with van der Waals surface area (Å²) in [5.74, 6) is 0.292. The van der Waals surface area contributed by atoms with Crippen molar-refractivity contribution in [3.8, 4) is 0 Å². The number of nitrogens with zero attached hydrogens (tertiary/aromatic N) is 5. The minimum Gasteiger partial charge on any atom is -0.324 e. The van der Waals surface area contributed by atoms with E-state index in [1.807, 2.05) is 51.1 Å². The lowest BCUT2D eigenvalue weighted by molar-refractivity contribution is -0.117. The van der Waals surface area contributed by atoms with Gasteiger partial charge in [-0.1, -0.05) is 51.1 Å². The molecule has 1 heterocycles. The second kappa shape index (κ2) is 8.94. The number of benzene rings is 2. The summed E-state index contributed by atoms with van der Waals surface area (Å²) in [5.41, 5.74) is 1.08. The highest BCUT2D eigenvalue weighted by atomic mass is 32.2. The van der Waals surface area contributed by atoms with Crippen molar-refractivity contribution in [2.24, 2.45) is 0 Å². The molecule has 10 heteroatoms. The van der Waals surface area contributed by atoms with Gasteiger partial charge >= 0.3 is 0 Å². The number of hydrogen-bond donors (Lipinski definition) is 1.